The molecule has 0 aromatic heterocycles. The third kappa shape index (κ3) is 8.49. The zero-order valence-corrected chi connectivity index (χ0v) is 10.7. The van der Waals surface area contributed by atoms with E-state index in [1.165, 1.54) is 0 Å². The van der Waals surface area contributed by atoms with Crippen molar-refractivity contribution in [3.8, 4) is 0 Å². The number of hydrogen-bond donors (Lipinski definition) is 0. The average Bonchev–Trinajstić information content (AvgIpc) is 2.21. The minimum Gasteiger partial charge on any atom is -0.447 e. The molecular weight excluding hydrogens is 210 g/mol. The summed E-state index contributed by atoms with van der Waals surface area (Å²) in [7, 11) is 3.35. The number of rotatable bonds is 8. The minimum atomic E-state index is -0.302. The van der Waals surface area contributed by atoms with Crippen molar-refractivity contribution in [2.45, 2.75) is 13.8 Å². The summed E-state index contributed by atoms with van der Waals surface area (Å²) in [4.78, 5) is 13.0. The van der Waals surface area contributed by atoms with Crippen LogP contribution in [0.5, 0.6) is 0 Å². The maximum Gasteiger partial charge on any atom is 0.409 e. The molecule has 16 heavy (non-hydrogen) atoms. The first-order chi connectivity index (χ1) is 7.57. The first kappa shape index (κ1) is 15.2. The number of carbonyl (C=O) groups is 1. The van der Waals surface area contributed by atoms with E-state index in [4.69, 9.17) is 14.2 Å². The minimum absolute atomic E-state index is 0.283. The molecule has 0 aliphatic heterocycles. The number of nitrogens with zero attached hydrogens (tertiary/aromatic N) is 1. The van der Waals surface area contributed by atoms with Crippen LogP contribution in [0.1, 0.15) is 13.8 Å². The van der Waals surface area contributed by atoms with Crippen molar-refractivity contribution >= 4 is 6.09 Å². The van der Waals surface area contributed by atoms with Gasteiger partial charge in [-0.25, -0.2) is 4.79 Å². The Hall–Kier alpha value is -0.810. The van der Waals surface area contributed by atoms with Gasteiger partial charge in [0.2, 0.25) is 0 Å². The zero-order chi connectivity index (χ0) is 12.4. The van der Waals surface area contributed by atoms with Gasteiger partial charge in [-0.15, -0.1) is 0 Å². The summed E-state index contributed by atoms with van der Waals surface area (Å²) in [6, 6.07) is 0. The Morgan fingerprint density at radius 3 is 2.38 bits per heavy atom. The Labute approximate surface area is 97.7 Å². The van der Waals surface area contributed by atoms with Gasteiger partial charge in [-0.3, -0.25) is 0 Å². The molecule has 0 heterocycles. The van der Waals surface area contributed by atoms with Gasteiger partial charge >= 0.3 is 6.09 Å². The second kappa shape index (κ2) is 9.42. The predicted octanol–water partition coefficient (Wildman–Crippen LogP) is 1.37. The van der Waals surface area contributed by atoms with E-state index >= 15 is 0 Å². The molecule has 0 bridgehead atoms. The third-order valence-corrected chi connectivity index (χ3v) is 1.84. The molecular formula is C11H23NO4. The lowest BCUT2D eigenvalue weighted by atomic mass is 10.2. The highest BCUT2D eigenvalue weighted by Crippen LogP contribution is 1.98. The molecule has 0 aromatic carbocycles. The molecule has 5 nitrogen and oxygen atoms in total. The van der Waals surface area contributed by atoms with Crippen molar-refractivity contribution in [2.24, 2.45) is 5.92 Å². The highest BCUT2D eigenvalue weighted by Gasteiger charge is 2.10. The molecule has 0 fully saturated rings. The summed E-state index contributed by atoms with van der Waals surface area (Å²) in [5.74, 6) is 0.440. The van der Waals surface area contributed by atoms with E-state index in [0.29, 0.717) is 32.3 Å². The van der Waals surface area contributed by atoms with Crippen LogP contribution >= 0.6 is 0 Å². The van der Waals surface area contributed by atoms with Crippen LogP contribution in [-0.2, 0) is 14.2 Å². The smallest absolute Gasteiger partial charge is 0.409 e. The van der Waals surface area contributed by atoms with Crippen LogP contribution in [0, 0.1) is 5.92 Å². The summed E-state index contributed by atoms with van der Waals surface area (Å²) in [6.45, 7) is 6.57. The molecule has 0 rings (SSSR count). The first-order valence-electron chi connectivity index (χ1n) is 5.52. The van der Waals surface area contributed by atoms with Crippen molar-refractivity contribution in [3.63, 3.8) is 0 Å². The van der Waals surface area contributed by atoms with Crippen LogP contribution < -0.4 is 0 Å². The normalized spacial score (nSPS) is 10.6. The molecule has 0 unspecified atom stereocenters. The Morgan fingerprint density at radius 1 is 1.19 bits per heavy atom. The van der Waals surface area contributed by atoms with Crippen LogP contribution in [0.3, 0.4) is 0 Å². The lowest BCUT2D eigenvalue weighted by Crippen LogP contribution is -2.31. The first-order valence-corrected chi connectivity index (χ1v) is 5.52. The SMILES string of the molecule is COCCOCCOC(=O)N(C)CC(C)C. The lowest BCUT2D eigenvalue weighted by Gasteiger charge is -2.18. The molecule has 0 atom stereocenters. The van der Waals surface area contributed by atoms with Gasteiger partial charge in [0.25, 0.3) is 0 Å². The number of methoxy groups -OCH3 is 1. The molecule has 5 heteroatoms. The molecule has 0 spiro atoms. The van der Waals surface area contributed by atoms with Crippen LogP contribution in [-0.4, -0.2) is 58.1 Å². The van der Waals surface area contributed by atoms with Crippen LogP contribution in [0.2, 0.25) is 0 Å². The number of carbonyl (C=O) groups excluding carboxylic acids is 1. The second-order valence-corrected chi connectivity index (χ2v) is 3.99. The van der Waals surface area contributed by atoms with E-state index in [-0.39, 0.29) is 12.7 Å². The largest absolute Gasteiger partial charge is 0.447 e. The number of hydrogen-bond acceptors (Lipinski definition) is 4. The van der Waals surface area contributed by atoms with Gasteiger partial charge in [0.05, 0.1) is 19.8 Å². The fraction of sp³-hybridized carbons (Fsp3) is 0.909. The lowest BCUT2D eigenvalue weighted by molar-refractivity contribution is 0.0343. The van der Waals surface area contributed by atoms with E-state index < -0.39 is 0 Å². The molecule has 96 valence electrons. The molecule has 0 aromatic rings. The predicted molar refractivity (Wildman–Crippen MR) is 61.5 cm³/mol. The molecule has 0 radical (unpaired) electrons. The van der Waals surface area contributed by atoms with Gasteiger partial charge < -0.3 is 19.1 Å². The van der Waals surface area contributed by atoms with Gasteiger partial charge in [-0.2, -0.15) is 0 Å². The number of ether oxygens (including phenoxy) is 3. The van der Waals surface area contributed by atoms with Gasteiger partial charge in [0.1, 0.15) is 6.61 Å². The van der Waals surface area contributed by atoms with Crippen LogP contribution in [0.15, 0.2) is 0 Å². The van der Waals surface area contributed by atoms with Crippen molar-refractivity contribution in [2.75, 3.05) is 47.1 Å². The highest BCUT2D eigenvalue weighted by molar-refractivity contribution is 5.67. The van der Waals surface area contributed by atoms with Crippen molar-refractivity contribution in [1.82, 2.24) is 4.90 Å². The summed E-state index contributed by atoms with van der Waals surface area (Å²) < 4.78 is 15.0. The molecule has 0 saturated heterocycles. The summed E-state index contributed by atoms with van der Waals surface area (Å²) in [6.07, 6.45) is -0.302. The standard InChI is InChI=1S/C11H23NO4/c1-10(2)9-12(3)11(13)16-8-7-15-6-5-14-4/h10H,5-9H2,1-4H3. The average molecular weight is 233 g/mol. The summed E-state index contributed by atoms with van der Waals surface area (Å²) in [5, 5.41) is 0. The molecule has 1 amide bonds. The topological polar surface area (TPSA) is 48.0 Å². The summed E-state index contributed by atoms with van der Waals surface area (Å²) >= 11 is 0. The fourth-order valence-corrected chi connectivity index (χ4v) is 1.16. The monoisotopic (exact) mass is 233 g/mol. The van der Waals surface area contributed by atoms with E-state index in [2.05, 4.69) is 13.8 Å². The molecule has 0 aliphatic rings. The van der Waals surface area contributed by atoms with Crippen molar-refractivity contribution < 1.29 is 19.0 Å². The Balaban J connectivity index is 3.42. The number of amides is 1. The van der Waals surface area contributed by atoms with E-state index in [1.807, 2.05) is 0 Å². The maximum atomic E-state index is 11.4. The Bertz CT molecular complexity index is 185. The van der Waals surface area contributed by atoms with Gasteiger partial charge in [0.15, 0.2) is 0 Å². The van der Waals surface area contributed by atoms with Crippen LogP contribution in [0.4, 0.5) is 4.79 Å². The highest BCUT2D eigenvalue weighted by atomic mass is 16.6. The van der Waals surface area contributed by atoms with Gasteiger partial charge in [0, 0.05) is 20.7 Å². The molecule has 0 aliphatic carbocycles. The van der Waals surface area contributed by atoms with Gasteiger partial charge in [-0.05, 0) is 5.92 Å². The van der Waals surface area contributed by atoms with E-state index in [1.54, 1.807) is 19.1 Å². The Kier molecular flexibility index (Phi) is 8.94. The van der Waals surface area contributed by atoms with Gasteiger partial charge in [-0.1, -0.05) is 13.8 Å². The fourth-order valence-electron chi connectivity index (χ4n) is 1.16. The van der Waals surface area contributed by atoms with E-state index in [9.17, 15) is 4.79 Å². The Morgan fingerprint density at radius 2 is 1.81 bits per heavy atom. The van der Waals surface area contributed by atoms with Crippen molar-refractivity contribution in [3.05, 3.63) is 0 Å². The summed E-state index contributed by atoms with van der Waals surface area (Å²) in [5.41, 5.74) is 0. The quantitative estimate of drug-likeness (QED) is 0.594. The van der Waals surface area contributed by atoms with E-state index in [0.717, 1.165) is 0 Å². The van der Waals surface area contributed by atoms with Crippen molar-refractivity contribution in [1.29, 1.82) is 0 Å². The molecule has 0 saturated carbocycles. The van der Waals surface area contributed by atoms with Crippen LogP contribution in [0.25, 0.3) is 0 Å². The third-order valence-electron chi connectivity index (χ3n) is 1.84. The maximum absolute atomic E-state index is 11.4. The zero-order valence-electron chi connectivity index (χ0n) is 10.7. The second-order valence-electron chi connectivity index (χ2n) is 3.99. The molecule has 0 N–H and O–H groups in total.